The number of ether oxygens (including phenoxy) is 3. The van der Waals surface area contributed by atoms with Crippen molar-refractivity contribution in [1.29, 1.82) is 0 Å². The summed E-state index contributed by atoms with van der Waals surface area (Å²) < 4.78 is 17.3. The second-order valence-electron chi connectivity index (χ2n) is 7.90. The van der Waals surface area contributed by atoms with Gasteiger partial charge in [0.25, 0.3) is 5.72 Å². The maximum atomic E-state index is 13.0. The van der Waals surface area contributed by atoms with E-state index in [-0.39, 0.29) is 24.0 Å². The number of H-pyrrole nitrogens is 1. The average Bonchev–Trinajstić information content (AvgIpc) is 3.41. The molecule has 3 aromatic rings. The SMILES string of the molecule is CCCCCC=COc1ccc(C=CC(=O)c2cccc3c2OC(N)(c2nn[nH]n2)CO3)cc1. The standard InChI is InChI=1S/C25H27N5O4/c1-2-3-4-5-6-16-32-19-13-10-18(11-14-19)12-15-21(31)20-8-7-9-22-23(20)34-25(26,17-33-22)24-27-29-30-28-24/h6-16H,2-5,17,26H2,1H3,(H,27,28,29,30). The van der Waals surface area contributed by atoms with E-state index in [1.807, 2.05) is 30.3 Å². The molecule has 0 bridgehead atoms. The molecule has 1 atom stereocenters. The fourth-order valence-corrected chi connectivity index (χ4v) is 3.40. The Balaban J connectivity index is 1.41. The Bertz CT molecular complexity index is 1160. The van der Waals surface area contributed by atoms with Gasteiger partial charge in [0.15, 0.2) is 17.3 Å². The van der Waals surface area contributed by atoms with Crippen molar-refractivity contribution in [2.45, 2.75) is 38.3 Å². The van der Waals surface area contributed by atoms with E-state index in [1.54, 1.807) is 30.5 Å². The Kier molecular flexibility index (Phi) is 7.34. The Hall–Kier alpha value is -3.98. The molecule has 0 radical (unpaired) electrons. The summed E-state index contributed by atoms with van der Waals surface area (Å²) in [7, 11) is 0. The van der Waals surface area contributed by atoms with Crippen LogP contribution >= 0.6 is 0 Å². The number of ketones is 1. The summed E-state index contributed by atoms with van der Waals surface area (Å²) in [5.41, 5.74) is 5.99. The van der Waals surface area contributed by atoms with Gasteiger partial charge in [-0.1, -0.05) is 44.0 Å². The molecule has 0 spiro atoms. The van der Waals surface area contributed by atoms with Gasteiger partial charge in [0.05, 0.1) is 11.8 Å². The minimum atomic E-state index is -1.46. The number of rotatable bonds is 10. The van der Waals surface area contributed by atoms with Gasteiger partial charge in [0.1, 0.15) is 12.4 Å². The zero-order chi connectivity index (χ0) is 23.8. The number of hydrogen-bond donors (Lipinski definition) is 2. The van der Waals surface area contributed by atoms with Crippen LogP contribution in [0.3, 0.4) is 0 Å². The Morgan fingerprint density at radius 2 is 2.09 bits per heavy atom. The van der Waals surface area contributed by atoms with Crippen molar-refractivity contribution < 1.29 is 19.0 Å². The van der Waals surface area contributed by atoms with E-state index < -0.39 is 5.72 Å². The number of fused-ring (bicyclic) bond motifs is 1. The lowest BCUT2D eigenvalue weighted by molar-refractivity contribution is -0.0154. The second-order valence-corrected chi connectivity index (χ2v) is 7.90. The van der Waals surface area contributed by atoms with Crippen LogP contribution in [0.15, 0.2) is 60.9 Å². The molecule has 2 aromatic carbocycles. The van der Waals surface area contributed by atoms with Gasteiger partial charge in [-0.25, -0.2) is 0 Å². The molecule has 9 heteroatoms. The first-order chi connectivity index (χ1) is 16.6. The number of carbonyl (C=O) groups is 1. The van der Waals surface area contributed by atoms with Crippen LogP contribution in [0.5, 0.6) is 17.2 Å². The predicted molar refractivity (Wildman–Crippen MR) is 126 cm³/mol. The van der Waals surface area contributed by atoms with E-state index in [0.29, 0.717) is 11.3 Å². The van der Waals surface area contributed by atoms with Crippen LogP contribution in [-0.2, 0) is 5.72 Å². The van der Waals surface area contributed by atoms with Crippen LogP contribution in [0.1, 0.15) is 54.4 Å². The van der Waals surface area contributed by atoms with Crippen LogP contribution in [0.4, 0.5) is 0 Å². The van der Waals surface area contributed by atoms with Crippen LogP contribution in [-0.4, -0.2) is 33.0 Å². The molecule has 0 saturated heterocycles. The van der Waals surface area contributed by atoms with E-state index in [1.165, 1.54) is 25.3 Å². The number of aromatic nitrogens is 4. The smallest absolute Gasteiger partial charge is 0.257 e. The first-order valence-electron chi connectivity index (χ1n) is 11.2. The van der Waals surface area contributed by atoms with Crippen molar-refractivity contribution in [1.82, 2.24) is 20.6 Å². The topological polar surface area (TPSA) is 125 Å². The maximum Gasteiger partial charge on any atom is 0.257 e. The summed E-state index contributed by atoms with van der Waals surface area (Å²) in [6.07, 6.45) is 11.6. The number of para-hydroxylation sites is 1. The van der Waals surface area contributed by atoms with Crippen LogP contribution < -0.4 is 19.9 Å². The van der Waals surface area contributed by atoms with E-state index >= 15 is 0 Å². The Morgan fingerprint density at radius 1 is 1.24 bits per heavy atom. The number of nitrogens with zero attached hydrogens (tertiary/aromatic N) is 3. The number of allylic oxidation sites excluding steroid dienone is 2. The molecule has 0 saturated carbocycles. The molecule has 176 valence electrons. The highest BCUT2D eigenvalue weighted by atomic mass is 16.6. The molecular weight excluding hydrogens is 434 g/mol. The minimum Gasteiger partial charge on any atom is -0.483 e. The predicted octanol–water partition coefficient (Wildman–Crippen LogP) is 4.15. The summed E-state index contributed by atoms with van der Waals surface area (Å²) in [6.45, 7) is 2.16. The number of nitrogens with one attached hydrogen (secondary N) is 1. The van der Waals surface area contributed by atoms with Crippen LogP contribution in [0.25, 0.3) is 6.08 Å². The third-order valence-electron chi connectivity index (χ3n) is 5.28. The molecule has 2 heterocycles. The van der Waals surface area contributed by atoms with Crippen LogP contribution in [0, 0.1) is 0 Å². The largest absolute Gasteiger partial charge is 0.483 e. The van der Waals surface area contributed by atoms with Crippen molar-refractivity contribution in [3.63, 3.8) is 0 Å². The highest BCUT2D eigenvalue weighted by molar-refractivity contribution is 6.09. The van der Waals surface area contributed by atoms with Gasteiger partial charge in [0.2, 0.25) is 5.82 Å². The minimum absolute atomic E-state index is 0.0185. The van der Waals surface area contributed by atoms with Crippen molar-refractivity contribution in [2.75, 3.05) is 6.61 Å². The van der Waals surface area contributed by atoms with Crippen LogP contribution in [0.2, 0.25) is 0 Å². The third-order valence-corrected chi connectivity index (χ3v) is 5.28. The lowest BCUT2D eigenvalue weighted by atomic mass is 10.1. The summed E-state index contributed by atoms with van der Waals surface area (Å²) in [4.78, 5) is 13.0. The van der Waals surface area contributed by atoms with Crippen molar-refractivity contribution in [3.8, 4) is 17.2 Å². The fourth-order valence-electron chi connectivity index (χ4n) is 3.40. The Labute approximate surface area is 197 Å². The molecule has 1 aliphatic heterocycles. The Morgan fingerprint density at radius 3 is 2.85 bits per heavy atom. The van der Waals surface area contributed by atoms with E-state index in [4.69, 9.17) is 19.9 Å². The van der Waals surface area contributed by atoms with Gasteiger partial charge in [-0.3, -0.25) is 10.5 Å². The zero-order valence-electron chi connectivity index (χ0n) is 18.9. The van der Waals surface area contributed by atoms with Gasteiger partial charge in [-0.2, -0.15) is 5.21 Å². The summed E-state index contributed by atoms with van der Waals surface area (Å²) >= 11 is 0. The third kappa shape index (κ3) is 5.49. The van der Waals surface area contributed by atoms with E-state index in [0.717, 1.165) is 17.7 Å². The van der Waals surface area contributed by atoms with E-state index in [2.05, 4.69) is 27.5 Å². The number of unbranched alkanes of at least 4 members (excludes halogenated alkanes) is 3. The normalized spacial score (nSPS) is 17.4. The molecule has 9 nitrogen and oxygen atoms in total. The fraction of sp³-hybridized carbons (Fsp3) is 0.280. The number of nitrogens with two attached hydrogens (primary N) is 1. The highest BCUT2D eigenvalue weighted by Gasteiger charge is 2.41. The molecule has 1 unspecified atom stereocenters. The number of benzene rings is 2. The van der Waals surface area contributed by atoms with Crippen molar-refractivity contribution in [2.24, 2.45) is 5.73 Å². The first-order valence-corrected chi connectivity index (χ1v) is 11.2. The molecule has 1 aliphatic rings. The molecule has 1 aromatic heterocycles. The van der Waals surface area contributed by atoms with Crippen molar-refractivity contribution in [3.05, 3.63) is 77.8 Å². The summed E-state index contributed by atoms with van der Waals surface area (Å²) in [6, 6.07) is 12.6. The molecule has 0 amide bonds. The maximum absolute atomic E-state index is 13.0. The highest BCUT2D eigenvalue weighted by Crippen LogP contribution is 2.39. The molecule has 0 aliphatic carbocycles. The number of aromatic amines is 1. The van der Waals surface area contributed by atoms with Gasteiger partial charge >= 0.3 is 0 Å². The lowest BCUT2D eigenvalue weighted by Crippen LogP contribution is -2.51. The number of tetrazole rings is 1. The van der Waals surface area contributed by atoms with Gasteiger partial charge in [-0.05, 0) is 60.0 Å². The average molecular weight is 462 g/mol. The molecule has 3 N–H and O–H groups in total. The number of carbonyl (C=O) groups excluding carboxylic acids is 1. The second kappa shape index (κ2) is 10.8. The molecule has 0 fully saturated rings. The number of hydrogen-bond acceptors (Lipinski definition) is 8. The van der Waals surface area contributed by atoms with Crippen molar-refractivity contribution >= 4 is 11.9 Å². The summed E-state index contributed by atoms with van der Waals surface area (Å²) in [5, 5.41) is 13.6. The summed E-state index contributed by atoms with van der Waals surface area (Å²) in [5.74, 6) is 1.28. The monoisotopic (exact) mass is 461 g/mol. The quantitative estimate of drug-likeness (QED) is 0.200. The van der Waals surface area contributed by atoms with E-state index in [9.17, 15) is 4.79 Å². The van der Waals surface area contributed by atoms with Gasteiger partial charge in [0, 0.05) is 0 Å². The molecular formula is C25H27N5O4. The molecule has 34 heavy (non-hydrogen) atoms. The van der Waals surface area contributed by atoms with Gasteiger partial charge < -0.3 is 14.2 Å². The molecule has 4 rings (SSSR count). The lowest BCUT2D eigenvalue weighted by Gasteiger charge is -2.33. The zero-order valence-corrected chi connectivity index (χ0v) is 18.9. The first kappa shape index (κ1) is 23.2. The van der Waals surface area contributed by atoms with Gasteiger partial charge in [-0.15, -0.1) is 10.2 Å².